The lowest BCUT2D eigenvalue weighted by Crippen LogP contribution is -2.13. The van der Waals surface area contributed by atoms with Gasteiger partial charge in [-0.15, -0.1) is 0 Å². The summed E-state index contributed by atoms with van der Waals surface area (Å²) >= 11 is 0. The molecular formula is C57H36FN3O. The van der Waals surface area contributed by atoms with Crippen LogP contribution in [0.2, 0.25) is 0 Å². The number of para-hydroxylation sites is 2. The molecule has 10 aromatic carbocycles. The Morgan fingerprint density at radius 2 is 1.00 bits per heavy atom. The van der Waals surface area contributed by atoms with E-state index in [1.165, 1.54) is 0 Å². The lowest BCUT2D eigenvalue weighted by atomic mass is 9.90. The van der Waals surface area contributed by atoms with Crippen LogP contribution >= 0.6 is 0 Å². The van der Waals surface area contributed by atoms with Crippen molar-refractivity contribution in [1.29, 1.82) is 0 Å². The molecule has 0 fully saturated rings. The van der Waals surface area contributed by atoms with Gasteiger partial charge in [-0.3, -0.25) is 0 Å². The standard InChI is InChI=1S/C57H36FN3O/c1-59-42-26-29-45(30-27-42)61(57-51(39-17-8-3-9-18-39)34-41(35-53(57)58)38-15-6-2-7-16-38)46-28-25-40-33-52-48-32-31-47(60(43-19-10-4-11-20-43)44-21-12-5-13-22-44)37-55(48)62-54-24-14-23-49(56(52)54)50(40)36-46/h2-37H. The highest BCUT2D eigenvalue weighted by molar-refractivity contribution is 6.18. The lowest BCUT2D eigenvalue weighted by Gasteiger charge is -2.30. The summed E-state index contributed by atoms with van der Waals surface area (Å²) < 4.78 is 24.1. The molecule has 5 heteroatoms. The second kappa shape index (κ2) is 15.3. The normalized spacial score (nSPS) is 11.4. The number of hydrogen-bond donors (Lipinski definition) is 0. The smallest absolute Gasteiger partial charge is 0.187 e. The Morgan fingerprint density at radius 1 is 0.403 bits per heavy atom. The Labute approximate surface area is 359 Å². The number of rotatable bonds is 8. The average molecular weight is 798 g/mol. The van der Waals surface area contributed by atoms with E-state index in [4.69, 9.17) is 11.3 Å². The summed E-state index contributed by atoms with van der Waals surface area (Å²) in [6, 6.07) is 72.9. The van der Waals surface area contributed by atoms with Crippen LogP contribution in [0.3, 0.4) is 0 Å². The fourth-order valence-corrected chi connectivity index (χ4v) is 8.82. The van der Waals surface area contributed by atoms with Crippen molar-refractivity contribution < 1.29 is 9.13 Å². The zero-order valence-electron chi connectivity index (χ0n) is 33.4. The Hall–Kier alpha value is -8.46. The number of ether oxygens (including phenoxy) is 1. The third-order valence-electron chi connectivity index (χ3n) is 11.7. The molecule has 0 atom stereocenters. The number of hydrogen-bond acceptors (Lipinski definition) is 3. The van der Waals surface area contributed by atoms with E-state index in [-0.39, 0.29) is 5.82 Å². The van der Waals surface area contributed by atoms with Crippen molar-refractivity contribution in [3.05, 3.63) is 236 Å². The van der Waals surface area contributed by atoms with Gasteiger partial charge in [0.15, 0.2) is 5.69 Å². The van der Waals surface area contributed by atoms with Gasteiger partial charge < -0.3 is 14.5 Å². The average Bonchev–Trinajstić information content (AvgIpc) is 3.33. The molecule has 10 aromatic rings. The van der Waals surface area contributed by atoms with E-state index in [9.17, 15) is 0 Å². The molecule has 0 spiro atoms. The van der Waals surface area contributed by atoms with Gasteiger partial charge in [0, 0.05) is 51.0 Å². The summed E-state index contributed by atoms with van der Waals surface area (Å²) in [5.41, 5.74) is 11.0. The van der Waals surface area contributed by atoms with Crippen molar-refractivity contribution in [2.24, 2.45) is 0 Å². The highest BCUT2D eigenvalue weighted by atomic mass is 19.1. The molecule has 0 amide bonds. The molecule has 0 radical (unpaired) electrons. The summed E-state index contributed by atoms with van der Waals surface area (Å²) in [6.07, 6.45) is 0. The van der Waals surface area contributed by atoms with Crippen LogP contribution in [-0.2, 0) is 0 Å². The van der Waals surface area contributed by atoms with Gasteiger partial charge in [0.1, 0.15) is 17.3 Å². The van der Waals surface area contributed by atoms with Crippen molar-refractivity contribution in [3.8, 4) is 44.9 Å². The van der Waals surface area contributed by atoms with Crippen molar-refractivity contribution in [2.45, 2.75) is 0 Å². The Bertz CT molecular complexity index is 3290. The molecule has 1 heterocycles. The Morgan fingerprint density at radius 3 is 1.68 bits per heavy atom. The highest BCUT2D eigenvalue weighted by Gasteiger charge is 2.26. The van der Waals surface area contributed by atoms with Crippen LogP contribution in [0.25, 0.3) is 59.8 Å². The maximum atomic E-state index is 17.3. The molecule has 0 N–H and O–H groups in total. The molecule has 0 saturated heterocycles. The van der Waals surface area contributed by atoms with E-state index in [1.807, 2.05) is 102 Å². The number of benzene rings is 10. The largest absolute Gasteiger partial charge is 0.456 e. The predicted octanol–water partition coefficient (Wildman–Crippen LogP) is 16.7. The number of anilines is 6. The van der Waals surface area contributed by atoms with Crippen molar-refractivity contribution in [2.75, 3.05) is 9.80 Å². The van der Waals surface area contributed by atoms with Crippen LogP contribution in [0, 0.1) is 12.4 Å². The fraction of sp³-hybridized carbons (Fsp3) is 0. The molecule has 0 aliphatic carbocycles. The van der Waals surface area contributed by atoms with Gasteiger partial charge in [-0.2, -0.15) is 0 Å². The topological polar surface area (TPSA) is 20.1 Å². The first-order chi connectivity index (χ1) is 30.6. The third-order valence-corrected chi connectivity index (χ3v) is 11.7. The maximum Gasteiger partial charge on any atom is 0.187 e. The molecule has 11 rings (SSSR count). The molecule has 0 aromatic heterocycles. The first-order valence-corrected chi connectivity index (χ1v) is 20.6. The summed E-state index contributed by atoms with van der Waals surface area (Å²) in [4.78, 5) is 7.87. The Kier molecular flexibility index (Phi) is 9.03. The van der Waals surface area contributed by atoms with E-state index in [2.05, 4.69) is 113 Å². The number of nitrogens with zero attached hydrogens (tertiary/aromatic N) is 3. The molecule has 0 unspecified atom stereocenters. The van der Waals surface area contributed by atoms with E-state index < -0.39 is 0 Å². The number of halogens is 1. The van der Waals surface area contributed by atoms with Crippen molar-refractivity contribution in [1.82, 2.24) is 0 Å². The van der Waals surface area contributed by atoms with Crippen LogP contribution in [0.4, 0.5) is 44.2 Å². The van der Waals surface area contributed by atoms with Gasteiger partial charge in [-0.05, 0) is 123 Å². The minimum Gasteiger partial charge on any atom is -0.456 e. The van der Waals surface area contributed by atoms with Crippen LogP contribution in [0.1, 0.15) is 0 Å². The quantitative estimate of drug-likeness (QED) is 0.113. The van der Waals surface area contributed by atoms with E-state index in [0.29, 0.717) is 11.4 Å². The molecule has 0 bridgehead atoms. The molecule has 1 aliphatic rings. The van der Waals surface area contributed by atoms with E-state index in [1.54, 1.807) is 18.2 Å². The fourth-order valence-electron chi connectivity index (χ4n) is 8.82. The highest BCUT2D eigenvalue weighted by Crippen LogP contribution is 2.52. The SMILES string of the molecule is [C-]#[N+]c1ccc(N(c2ccc3cc4c5c(cccc5c3c2)Oc2cc(N(c3ccccc3)c3ccccc3)ccc2-4)c2c(F)cc(-c3ccccc3)cc2-c2ccccc2)cc1. The lowest BCUT2D eigenvalue weighted by molar-refractivity contribution is 0.487. The zero-order chi connectivity index (χ0) is 41.6. The van der Waals surface area contributed by atoms with Crippen LogP contribution in [0.15, 0.2) is 218 Å². The summed E-state index contributed by atoms with van der Waals surface area (Å²) in [7, 11) is 0. The van der Waals surface area contributed by atoms with E-state index >= 15 is 4.39 Å². The summed E-state index contributed by atoms with van der Waals surface area (Å²) in [6.45, 7) is 7.64. The second-order valence-electron chi connectivity index (χ2n) is 15.3. The van der Waals surface area contributed by atoms with Crippen LogP contribution < -0.4 is 14.5 Å². The maximum absolute atomic E-state index is 17.3. The van der Waals surface area contributed by atoms with Crippen molar-refractivity contribution in [3.63, 3.8) is 0 Å². The molecule has 0 saturated carbocycles. The summed E-state index contributed by atoms with van der Waals surface area (Å²) in [5.74, 6) is 1.20. The van der Waals surface area contributed by atoms with Gasteiger partial charge >= 0.3 is 0 Å². The molecule has 1 aliphatic heterocycles. The van der Waals surface area contributed by atoms with Gasteiger partial charge in [-0.1, -0.05) is 127 Å². The van der Waals surface area contributed by atoms with E-state index in [0.717, 1.165) is 94.9 Å². The number of fused-ring (bicyclic) bond motifs is 4. The van der Waals surface area contributed by atoms with Gasteiger partial charge in [0.2, 0.25) is 0 Å². The molecule has 62 heavy (non-hydrogen) atoms. The second-order valence-corrected chi connectivity index (χ2v) is 15.3. The first-order valence-electron chi connectivity index (χ1n) is 20.6. The van der Waals surface area contributed by atoms with Crippen LogP contribution in [0.5, 0.6) is 11.5 Å². The van der Waals surface area contributed by atoms with Crippen LogP contribution in [-0.4, -0.2) is 0 Å². The third kappa shape index (κ3) is 6.39. The first kappa shape index (κ1) is 36.6. The molecular weight excluding hydrogens is 762 g/mol. The molecule has 4 nitrogen and oxygen atoms in total. The predicted molar refractivity (Wildman–Crippen MR) is 253 cm³/mol. The minimum absolute atomic E-state index is 0.362. The van der Waals surface area contributed by atoms with Crippen molar-refractivity contribution >= 4 is 61.4 Å². The zero-order valence-corrected chi connectivity index (χ0v) is 33.4. The summed E-state index contributed by atoms with van der Waals surface area (Å²) in [5, 5.41) is 4.12. The molecule has 292 valence electrons. The van der Waals surface area contributed by atoms with Gasteiger partial charge in [0.05, 0.1) is 12.3 Å². The minimum atomic E-state index is -0.362. The van der Waals surface area contributed by atoms with Gasteiger partial charge in [-0.25, -0.2) is 9.24 Å². The monoisotopic (exact) mass is 797 g/mol. The van der Waals surface area contributed by atoms with Gasteiger partial charge in [0.25, 0.3) is 0 Å². The Balaban J connectivity index is 1.09.